The van der Waals surface area contributed by atoms with Crippen LogP contribution in [0.2, 0.25) is 0 Å². The van der Waals surface area contributed by atoms with Gasteiger partial charge in [-0.15, -0.1) is 0 Å². The second-order valence-electron chi connectivity index (χ2n) is 6.57. The van der Waals surface area contributed by atoms with Gasteiger partial charge in [0.15, 0.2) is 0 Å². The first kappa shape index (κ1) is 22.8. The van der Waals surface area contributed by atoms with E-state index in [2.05, 4.69) is 29.1 Å². The first-order valence-electron chi connectivity index (χ1n) is 9.05. The van der Waals surface area contributed by atoms with E-state index in [1.54, 1.807) is 30.3 Å². The number of hydrogen-bond acceptors (Lipinski definition) is 5. The molecule has 3 rings (SSSR count). The molecule has 1 aliphatic heterocycles. The maximum atomic E-state index is 10.2. The normalized spacial score (nSPS) is 17.1. The largest absolute Gasteiger partial charge is 0.478 e. The van der Waals surface area contributed by atoms with Crippen LogP contribution in [0.5, 0.6) is 0 Å². The SMILES string of the molecule is CC(O)CO.Cc1ccc(C2CCCN2C)cn1.O=C(O)c1ccccc1. The van der Waals surface area contributed by atoms with Gasteiger partial charge in [0.2, 0.25) is 0 Å². The van der Waals surface area contributed by atoms with Crippen molar-refractivity contribution < 1.29 is 20.1 Å². The summed E-state index contributed by atoms with van der Waals surface area (Å²) in [6, 6.07) is 13.2. The second-order valence-corrected chi connectivity index (χ2v) is 6.57. The molecule has 0 amide bonds. The lowest BCUT2D eigenvalue weighted by Gasteiger charge is -2.19. The van der Waals surface area contributed by atoms with Crippen LogP contribution >= 0.6 is 0 Å². The number of carboxylic acid groups (broad SMARTS) is 1. The van der Waals surface area contributed by atoms with Gasteiger partial charge in [0, 0.05) is 17.9 Å². The summed E-state index contributed by atoms with van der Waals surface area (Å²) in [5, 5.41) is 24.4. The van der Waals surface area contributed by atoms with E-state index in [-0.39, 0.29) is 6.61 Å². The van der Waals surface area contributed by atoms with Crippen molar-refractivity contribution in [1.82, 2.24) is 9.88 Å². The van der Waals surface area contributed by atoms with E-state index in [4.69, 9.17) is 15.3 Å². The van der Waals surface area contributed by atoms with Gasteiger partial charge in [0.25, 0.3) is 0 Å². The highest BCUT2D eigenvalue weighted by Crippen LogP contribution is 2.29. The quantitative estimate of drug-likeness (QED) is 0.765. The van der Waals surface area contributed by atoms with Gasteiger partial charge >= 0.3 is 5.97 Å². The van der Waals surface area contributed by atoms with Gasteiger partial charge in [-0.1, -0.05) is 24.3 Å². The van der Waals surface area contributed by atoms with Crippen molar-refractivity contribution in [2.24, 2.45) is 0 Å². The second kappa shape index (κ2) is 12.2. The number of carboxylic acids is 1. The predicted octanol–water partition coefficient (Wildman–Crippen LogP) is 2.90. The molecule has 0 saturated carbocycles. The fourth-order valence-corrected chi connectivity index (χ4v) is 2.59. The lowest BCUT2D eigenvalue weighted by atomic mass is 10.1. The third-order valence-electron chi connectivity index (χ3n) is 4.12. The molecule has 1 saturated heterocycles. The van der Waals surface area contributed by atoms with E-state index in [9.17, 15) is 4.79 Å². The molecule has 6 nitrogen and oxygen atoms in total. The molecule has 6 heteroatoms. The number of benzene rings is 1. The maximum absolute atomic E-state index is 10.2. The van der Waals surface area contributed by atoms with Gasteiger partial charge in [-0.05, 0) is 64.0 Å². The molecule has 1 aliphatic rings. The molecule has 1 fully saturated rings. The molecule has 2 aromatic rings. The first-order chi connectivity index (χ1) is 12.8. The molecule has 2 unspecified atom stereocenters. The topological polar surface area (TPSA) is 93.9 Å². The number of hydrogen-bond donors (Lipinski definition) is 3. The van der Waals surface area contributed by atoms with Gasteiger partial charge in [-0.25, -0.2) is 4.79 Å². The van der Waals surface area contributed by atoms with E-state index in [1.807, 2.05) is 13.1 Å². The Labute approximate surface area is 161 Å². The van der Waals surface area contributed by atoms with Crippen LogP contribution in [0.3, 0.4) is 0 Å². The van der Waals surface area contributed by atoms with Crippen LogP contribution in [-0.2, 0) is 0 Å². The van der Waals surface area contributed by atoms with E-state index < -0.39 is 12.1 Å². The number of aliphatic hydroxyl groups is 2. The molecule has 148 valence electrons. The average molecular weight is 374 g/mol. The summed E-state index contributed by atoms with van der Waals surface area (Å²) in [4.78, 5) is 16.9. The van der Waals surface area contributed by atoms with Crippen molar-refractivity contribution in [3.05, 3.63) is 65.5 Å². The highest BCUT2D eigenvalue weighted by Gasteiger charge is 2.22. The Bertz CT molecular complexity index is 660. The summed E-state index contributed by atoms with van der Waals surface area (Å²) >= 11 is 0. The lowest BCUT2D eigenvalue weighted by molar-refractivity contribution is 0.0697. The first-order valence-corrected chi connectivity index (χ1v) is 9.05. The summed E-state index contributed by atoms with van der Waals surface area (Å²) in [5.41, 5.74) is 2.80. The molecule has 0 bridgehead atoms. The molecule has 1 aromatic heterocycles. The number of aromatic carboxylic acids is 1. The van der Waals surface area contributed by atoms with Crippen LogP contribution in [-0.4, -0.2) is 57.5 Å². The van der Waals surface area contributed by atoms with Crippen molar-refractivity contribution in [3.63, 3.8) is 0 Å². The molecular weight excluding hydrogens is 344 g/mol. The lowest BCUT2D eigenvalue weighted by Crippen LogP contribution is -2.17. The Balaban J connectivity index is 0.000000227. The Morgan fingerprint density at radius 3 is 2.26 bits per heavy atom. The number of likely N-dealkylation sites (tertiary alicyclic amines) is 1. The predicted molar refractivity (Wildman–Crippen MR) is 106 cm³/mol. The monoisotopic (exact) mass is 374 g/mol. The maximum Gasteiger partial charge on any atom is 0.335 e. The Morgan fingerprint density at radius 1 is 1.26 bits per heavy atom. The molecule has 0 radical (unpaired) electrons. The Hall–Kier alpha value is -2.28. The molecule has 2 heterocycles. The van der Waals surface area contributed by atoms with Crippen molar-refractivity contribution >= 4 is 5.97 Å². The van der Waals surface area contributed by atoms with Gasteiger partial charge in [-0.3, -0.25) is 9.88 Å². The Morgan fingerprint density at radius 2 is 1.89 bits per heavy atom. The van der Waals surface area contributed by atoms with Gasteiger partial charge in [0.1, 0.15) is 0 Å². The minimum Gasteiger partial charge on any atom is -0.478 e. The van der Waals surface area contributed by atoms with Crippen LogP contribution in [0.1, 0.15) is 47.4 Å². The van der Waals surface area contributed by atoms with E-state index in [0.29, 0.717) is 11.6 Å². The summed E-state index contributed by atoms with van der Waals surface area (Å²) in [5.74, 6) is -0.879. The fraction of sp³-hybridized carbons (Fsp3) is 0.429. The van der Waals surface area contributed by atoms with Crippen molar-refractivity contribution in [3.8, 4) is 0 Å². The summed E-state index contributed by atoms with van der Waals surface area (Å²) in [6.45, 7) is 4.64. The standard InChI is InChI=1S/C11H16N2.C7H6O2.C3H8O2/c1-9-5-6-10(8-12-9)11-4-3-7-13(11)2;8-7(9)6-4-2-1-3-5-6;1-3(5)2-4/h5-6,8,11H,3-4,7H2,1-2H3;1-5H,(H,8,9);3-5H,2H2,1H3. The zero-order valence-electron chi connectivity index (χ0n) is 16.2. The summed E-state index contributed by atoms with van der Waals surface area (Å²) < 4.78 is 0. The molecular formula is C21H30N2O4. The minimum absolute atomic E-state index is 0.139. The van der Waals surface area contributed by atoms with Gasteiger partial charge in [0.05, 0.1) is 18.3 Å². The number of carbonyl (C=O) groups is 1. The van der Waals surface area contributed by atoms with Gasteiger partial charge in [-0.2, -0.15) is 0 Å². The highest BCUT2D eigenvalue weighted by molar-refractivity contribution is 5.87. The van der Waals surface area contributed by atoms with Crippen molar-refractivity contribution in [2.45, 2.75) is 38.8 Å². The molecule has 0 spiro atoms. The highest BCUT2D eigenvalue weighted by atomic mass is 16.4. The average Bonchev–Trinajstić information content (AvgIpc) is 3.10. The molecule has 0 aliphatic carbocycles. The fourth-order valence-electron chi connectivity index (χ4n) is 2.59. The molecule has 1 aromatic carbocycles. The zero-order valence-corrected chi connectivity index (χ0v) is 16.2. The van der Waals surface area contributed by atoms with E-state index in [1.165, 1.54) is 31.9 Å². The van der Waals surface area contributed by atoms with Crippen molar-refractivity contribution in [1.29, 1.82) is 0 Å². The van der Waals surface area contributed by atoms with Crippen LogP contribution in [0.25, 0.3) is 0 Å². The number of aryl methyl sites for hydroxylation is 1. The Kier molecular flexibility index (Phi) is 10.3. The molecule has 2 atom stereocenters. The molecule has 3 N–H and O–H groups in total. The third-order valence-corrected chi connectivity index (χ3v) is 4.12. The van der Waals surface area contributed by atoms with E-state index in [0.717, 1.165) is 5.69 Å². The minimum atomic E-state index is -0.879. The van der Waals surface area contributed by atoms with Crippen LogP contribution in [0, 0.1) is 6.92 Å². The number of nitrogens with zero attached hydrogens (tertiary/aromatic N) is 2. The van der Waals surface area contributed by atoms with Crippen LogP contribution in [0.4, 0.5) is 0 Å². The number of pyridine rings is 1. The third kappa shape index (κ3) is 8.77. The smallest absolute Gasteiger partial charge is 0.335 e. The number of aromatic nitrogens is 1. The van der Waals surface area contributed by atoms with Crippen LogP contribution in [0.15, 0.2) is 48.7 Å². The van der Waals surface area contributed by atoms with Crippen molar-refractivity contribution in [2.75, 3.05) is 20.2 Å². The van der Waals surface area contributed by atoms with Gasteiger partial charge < -0.3 is 15.3 Å². The summed E-state index contributed by atoms with van der Waals surface area (Å²) in [6.07, 6.45) is 4.05. The number of aliphatic hydroxyl groups excluding tert-OH is 2. The number of rotatable bonds is 3. The summed E-state index contributed by atoms with van der Waals surface area (Å²) in [7, 11) is 2.19. The molecule has 27 heavy (non-hydrogen) atoms. The van der Waals surface area contributed by atoms with E-state index >= 15 is 0 Å². The van der Waals surface area contributed by atoms with Crippen LogP contribution < -0.4 is 0 Å². The zero-order chi connectivity index (χ0) is 20.2.